The van der Waals surface area contributed by atoms with E-state index >= 15 is 0 Å². The predicted octanol–water partition coefficient (Wildman–Crippen LogP) is 3.20. The van der Waals surface area contributed by atoms with E-state index in [-0.39, 0.29) is 11.6 Å². The van der Waals surface area contributed by atoms with E-state index in [0.29, 0.717) is 6.42 Å². The number of hydrogen-bond acceptors (Lipinski definition) is 2. The maximum absolute atomic E-state index is 13.6. The molecule has 0 aliphatic carbocycles. The van der Waals surface area contributed by atoms with Gasteiger partial charge in [-0.25, -0.2) is 4.39 Å². The summed E-state index contributed by atoms with van der Waals surface area (Å²) in [7, 11) is 1.61. The number of benzene rings is 2. The zero-order valence-electron chi connectivity index (χ0n) is 12.1. The van der Waals surface area contributed by atoms with Crippen LogP contribution in [-0.2, 0) is 6.42 Å². The molecule has 0 aromatic heterocycles. The number of rotatable bonds is 5. The van der Waals surface area contributed by atoms with Gasteiger partial charge >= 0.3 is 0 Å². The summed E-state index contributed by atoms with van der Waals surface area (Å²) in [6, 6.07) is 13.5. The molecule has 1 atom stereocenters. The summed E-state index contributed by atoms with van der Waals surface area (Å²) < 4.78 is 18.8. The molecule has 2 aromatic rings. The Morgan fingerprint density at radius 3 is 2.57 bits per heavy atom. The summed E-state index contributed by atoms with van der Waals surface area (Å²) in [6.07, 6.45) is 0.615. The van der Waals surface area contributed by atoms with Crippen LogP contribution in [0, 0.1) is 5.82 Å². The zero-order valence-corrected chi connectivity index (χ0v) is 12.1. The van der Waals surface area contributed by atoms with E-state index in [9.17, 15) is 9.18 Å². The van der Waals surface area contributed by atoms with Crippen molar-refractivity contribution in [1.82, 2.24) is 5.32 Å². The van der Waals surface area contributed by atoms with Crippen LogP contribution >= 0.6 is 0 Å². The normalized spacial score (nSPS) is 11.8. The van der Waals surface area contributed by atoms with Crippen LogP contribution in [0.15, 0.2) is 48.5 Å². The average Bonchev–Trinajstić information content (AvgIpc) is 2.48. The highest BCUT2D eigenvalue weighted by atomic mass is 19.1. The lowest BCUT2D eigenvalue weighted by atomic mass is 10.1. The van der Waals surface area contributed by atoms with Crippen LogP contribution in [-0.4, -0.2) is 19.1 Å². The standard InChI is InChI=1S/C17H18FNO2/c1-12(11-13-7-3-6-10-16(13)21-2)19-17(20)14-8-4-5-9-15(14)18/h3-10,12H,11H2,1-2H3,(H,19,20). The highest BCUT2D eigenvalue weighted by Gasteiger charge is 2.14. The second-order valence-corrected chi connectivity index (χ2v) is 4.87. The number of hydrogen-bond donors (Lipinski definition) is 1. The molecule has 1 N–H and O–H groups in total. The monoisotopic (exact) mass is 287 g/mol. The molecule has 0 aliphatic heterocycles. The average molecular weight is 287 g/mol. The molecule has 0 spiro atoms. The van der Waals surface area contributed by atoms with E-state index in [1.807, 2.05) is 31.2 Å². The van der Waals surface area contributed by atoms with E-state index < -0.39 is 11.7 Å². The first-order valence-corrected chi connectivity index (χ1v) is 6.79. The molecule has 0 saturated heterocycles. The molecule has 2 rings (SSSR count). The lowest BCUT2D eigenvalue weighted by Gasteiger charge is -2.16. The molecule has 3 nitrogen and oxygen atoms in total. The SMILES string of the molecule is COc1ccccc1CC(C)NC(=O)c1ccccc1F. The number of halogens is 1. The smallest absolute Gasteiger partial charge is 0.254 e. The third-order valence-corrected chi connectivity index (χ3v) is 3.21. The Balaban J connectivity index is 2.03. The van der Waals surface area contributed by atoms with Gasteiger partial charge < -0.3 is 10.1 Å². The van der Waals surface area contributed by atoms with Gasteiger partial charge in [-0.2, -0.15) is 0 Å². The first-order valence-electron chi connectivity index (χ1n) is 6.79. The maximum Gasteiger partial charge on any atom is 0.254 e. The molecule has 4 heteroatoms. The van der Waals surface area contributed by atoms with Gasteiger partial charge in [-0.3, -0.25) is 4.79 Å². The van der Waals surface area contributed by atoms with Crippen LogP contribution < -0.4 is 10.1 Å². The molecule has 0 radical (unpaired) electrons. The molecular weight excluding hydrogens is 269 g/mol. The molecular formula is C17H18FNO2. The van der Waals surface area contributed by atoms with Crippen LogP contribution in [0.1, 0.15) is 22.8 Å². The zero-order chi connectivity index (χ0) is 15.2. The molecule has 110 valence electrons. The quantitative estimate of drug-likeness (QED) is 0.917. The second kappa shape index (κ2) is 6.88. The third-order valence-electron chi connectivity index (χ3n) is 3.21. The molecule has 0 saturated carbocycles. The van der Waals surface area contributed by atoms with E-state index in [4.69, 9.17) is 4.74 Å². The number of ether oxygens (including phenoxy) is 1. The van der Waals surface area contributed by atoms with Crippen molar-refractivity contribution in [2.75, 3.05) is 7.11 Å². The predicted molar refractivity (Wildman–Crippen MR) is 80.0 cm³/mol. The van der Waals surface area contributed by atoms with Gasteiger partial charge in [0.05, 0.1) is 12.7 Å². The molecule has 0 fully saturated rings. The second-order valence-electron chi connectivity index (χ2n) is 4.87. The Morgan fingerprint density at radius 1 is 1.19 bits per heavy atom. The summed E-state index contributed by atoms with van der Waals surface area (Å²) >= 11 is 0. The first-order chi connectivity index (χ1) is 10.1. The third kappa shape index (κ3) is 3.81. The molecule has 1 amide bonds. The summed E-state index contributed by atoms with van der Waals surface area (Å²) in [5.74, 6) is -0.139. The summed E-state index contributed by atoms with van der Waals surface area (Å²) in [6.45, 7) is 1.88. The fourth-order valence-corrected chi connectivity index (χ4v) is 2.20. The largest absolute Gasteiger partial charge is 0.496 e. The Morgan fingerprint density at radius 2 is 1.86 bits per heavy atom. The Kier molecular flexibility index (Phi) is 4.93. The number of nitrogens with one attached hydrogen (secondary N) is 1. The highest BCUT2D eigenvalue weighted by molar-refractivity contribution is 5.94. The van der Waals surface area contributed by atoms with Crippen LogP contribution in [0.4, 0.5) is 4.39 Å². The van der Waals surface area contributed by atoms with Gasteiger partial charge in [0.2, 0.25) is 0 Å². The minimum absolute atomic E-state index is 0.0596. The Labute approximate surface area is 123 Å². The number of amides is 1. The number of carbonyl (C=O) groups excluding carboxylic acids is 1. The van der Waals surface area contributed by atoms with Crippen LogP contribution in [0.2, 0.25) is 0 Å². The lowest BCUT2D eigenvalue weighted by molar-refractivity contribution is 0.0936. The summed E-state index contributed by atoms with van der Waals surface area (Å²) in [5, 5.41) is 2.80. The van der Waals surface area contributed by atoms with Gasteiger partial charge in [0.25, 0.3) is 5.91 Å². The van der Waals surface area contributed by atoms with Crippen molar-refractivity contribution in [3.63, 3.8) is 0 Å². The van der Waals surface area contributed by atoms with Crippen LogP contribution in [0.3, 0.4) is 0 Å². The first kappa shape index (κ1) is 15.0. The molecule has 2 aromatic carbocycles. The Bertz CT molecular complexity index is 628. The van der Waals surface area contributed by atoms with Crippen molar-refractivity contribution in [3.05, 3.63) is 65.5 Å². The van der Waals surface area contributed by atoms with Gasteiger partial charge in [-0.15, -0.1) is 0 Å². The van der Waals surface area contributed by atoms with E-state index in [1.165, 1.54) is 12.1 Å². The van der Waals surface area contributed by atoms with Crippen molar-refractivity contribution < 1.29 is 13.9 Å². The van der Waals surface area contributed by atoms with Crippen molar-refractivity contribution in [2.45, 2.75) is 19.4 Å². The van der Waals surface area contributed by atoms with Crippen molar-refractivity contribution in [3.8, 4) is 5.75 Å². The van der Waals surface area contributed by atoms with Gasteiger partial charge in [0.1, 0.15) is 11.6 Å². The van der Waals surface area contributed by atoms with Gasteiger partial charge in [-0.05, 0) is 37.1 Å². The molecule has 0 heterocycles. The molecule has 1 unspecified atom stereocenters. The van der Waals surface area contributed by atoms with Crippen molar-refractivity contribution >= 4 is 5.91 Å². The minimum atomic E-state index is -0.514. The summed E-state index contributed by atoms with van der Waals surface area (Å²) in [4.78, 5) is 12.0. The lowest BCUT2D eigenvalue weighted by Crippen LogP contribution is -2.34. The van der Waals surface area contributed by atoms with Gasteiger partial charge in [0, 0.05) is 6.04 Å². The topological polar surface area (TPSA) is 38.3 Å². The maximum atomic E-state index is 13.6. The summed E-state index contributed by atoms with van der Waals surface area (Å²) in [5.41, 5.74) is 1.06. The van der Waals surface area contributed by atoms with E-state index in [2.05, 4.69) is 5.32 Å². The van der Waals surface area contributed by atoms with E-state index in [1.54, 1.807) is 19.2 Å². The van der Waals surface area contributed by atoms with Crippen molar-refractivity contribution in [2.24, 2.45) is 0 Å². The number of methoxy groups -OCH3 is 1. The van der Waals surface area contributed by atoms with E-state index in [0.717, 1.165) is 11.3 Å². The van der Waals surface area contributed by atoms with Crippen LogP contribution in [0.5, 0.6) is 5.75 Å². The fraction of sp³-hybridized carbons (Fsp3) is 0.235. The molecule has 0 aliphatic rings. The van der Waals surface area contributed by atoms with Crippen molar-refractivity contribution in [1.29, 1.82) is 0 Å². The number of para-hydroxylation sites is 1. The number of carbonyl (C=O) groups is 1. The minimum Gasteiger partial charge on any atom is -0.496 e. The van der Waals surface area contributed by atoms with Gasteiger partial charge in [0.15, 0.2) is 0 Å². The Hall–Kier alpha value is -2.36. The van der Waals surface area contributed by atoms with Gasteiger partial charge in [-0.1, -0.05) is 30.3 Å². The van der Waals surface area contributed by atoms with Crippen LogP contribution in [0.25, 0.3) is 0 Å². The highest BCUT2D eigenvalue weighted by Crippen LogP contribution is 2.19. The fourth-order valence-electron chi connectivity index (χ4n) is 2.20. The molecule has 21 heavy (non-hydrogen) atoms. The molecule has 0 bridgehead atoms.